The van der Waals surface area contributed by atoms with E-state index in [-0.39, 0.29) is 11.8 Å². The third kappa shape index (κ3) is 5.57. The molecule has 0 aliphatic rings. The van der Waals surface area contributed by atoms with Crippen LogP contribution in [-0.4, -0.2) is 38.7 Å². The van der Waals surface area contributed by atoms with Crippen LogP contribution >= 0.6 is 15.9 Å². The molecule has 0 spiro atoms. The summed E-state index contributed by atoms with van der Waals surface area (Å²) in [6.07, 6.45) is 0. The Kier molecular flexibility index (Phi) is 7.62. The molecule has 0 atom stereocenters. The van der Waals surface area contributed by atoms with Gasteiger partial charge in [-0.3, -0.25) is 9.59 Å². The number of nitrogens with one attached hydrogen (secondary N) is 2. The number of anilines is 1. The molecule has 0 saturated heterocycles. The lowest BCUT2D eigenvalue weighted by molar-refractivity contribution is 0.0954. The highest BCUT2D eigenvalue weighted by Gasteiger charge is 2.14. The topological polar surface area (TPSA) is 76.7 Å². The van der Waals surface area contributed by atoms with Crippen molar-refractivity contribution >= 4 is 33.4 Å². The summed E-state index contributed by atoms with van der Waals surface area (Å²) >= 11 is 3.37. The first-order valence-electron chi connectivity index (χ1n) is 8.16. The number of carbonyl (C=O) groups excluding carboxylic acids is 2. The lowest BCUT2D eigenvalue weighted by Crippen LogP contribution is -2.22. The van der Waals surface area contributed by atoms with E-state index in [0.717, 1.165) is 4.47 Å². The molecule has 0 aromatic heterocycles. The third-order valence-electron chi connectivity index (χ3n) is 3.45. The van der Waals surface area contributed by atoms with Gasteiger partial charge in [0.25, 0.3) is 11.8 Å². The second-order valence-corrected chi connectivity index (χ2v) is 6.29. The van der Waals surface area contributed by atoms with Crippen LogP contribution in [0.25, 0.3) is 0 Å². The van der Waals surface area contributed by atoms with Crippen LogP contribution in [0.2, 0.25) is 0 Å². The number of halogens is 1. The van der Waals surface area contributed by atoms with Crippen molar-refractivity contribution in [2.45, 2.75) is 6.92 Å². The summed E-state index contributed by atoms with van der Waals surface area (Å²) in [5, 5.41) is 5.53. The van der Waals surface area contributed by atoms with Crippen LogP contribution < -0.4 is 15.4 Å². The van der Waals surface area contributed by atoms with Crippen molar-refractivity contribution < 1.29 is 19.1 Å². The van der Waals surface area contributed by atoms with Crippen LogP contribution in [0.5, 0.6) is 5.75 Å². The first-order chi connectivity index (χ1) is 12.5. The van der Waals surface area contributed by atoms with E-state index in [1.54, 1.807) is 49.6 Å². The predicted octanol–water partition coefficient (Wildman–Crippen LogP) is 3.48. The Hall–Kier alpha value is -2.38. The normalized spacial score (nSPS) is 10.3. The van der Waals surface area contributed by atoms with Gasteiger partial charge in [-0.15, -0.1) is 0 Å². The molecular formula is C19H21BrN2O4. The quantitative estimate of drug-likeness (QED) is 0.640. The van der Waals surface area contributed by atoms with E-state index in [9.17, 15) is 9.59 Å². The van der Waals surface area contributed by atoms with Crippen molar-refractivity contribution in [1.29, 1.82) is 0 Å². The van der Waals surface area contributed by atoms with Gasteiger partial charge in [0.2, 0.25) is 0 Å². The average Bonchev–Trinajstić information content (AvgIpc) is 2.63. The molecule has 2 aromatic rings. The molecule has 138 valence electrons. The monoisotopic (exact) mass is 420 g/mol. The highest BCUT2D eigenvalue weighted by molar-refractivity contribution is 9.10. The molecule has 7 heteroatoms. The van der Waals surface area contributed by atoms with Gasteiger partial charge in [0, 0.05) is 29.4 Å². The van der Waals surface area contributed by atoms with Crippen LogP contribution in [0, 0.1) is 0 Å². The van der Waals surface area contributed by atoms with Gasteiger partial charge in [-0.2, -0.15) is 0 Å². The summed E-state index contributed by atoms with van der Waals surface area (Å²) < 4.78 is 11.3. The van der Waals surface area contributed by atoms with Gasteiger partial charge in [0.05, 0.1) is 12.2 Å². The Morgan fingerprint density at radius 2 is 1.88 bits per heavy atom. The summed E-state index contributed by atoms with van der Waals surface area (Å²) in [7, 11) is 1.58. The molecule has 2 amide bonds. The van der Waals surface area contributed by atoms with Crippen molar-refractivity contribution in [3.8, 4) is 5.75 Å². The van der Waals surface area contributed by atoms with E-state index >= 15 is 0 Å². The van der Waals surface area contributed by atoms with Gasteiger partial charge >= 0.3 is 0 Å². The lowest BCUT2D eigenvalue weighted by atomic mass is 10.1. The third-order valence-corrected chi connectivity index (χ3v) is 3.94. The van der Waals surface area contributed by atoms with Crippen LogP contribution in [0.4, 0.5) is 5.69 Å². The molecule has 2 rings (SSSR count). The van der Waals surface area contributed by atoms with Crippen molar-refractivity contribution in [1.82, 2.24) is 5.32 Å². The zero-order chi connectivity index (χ0) is 18.9. The highest BCUT2D eigenvalue weighted by Crippen LogP contribution is 2.24. The zero-order valence-corrected chi connectivity index (χ0v) is 16.3. The van der Waals surface area contributed by atoms with Gasteiger partial charge in [-0.1, -0.05) is 22.0 Å². The van der Waals surface area contributed by atoms with E-state index in [1.807, 2.05) is 6.92 Å². The number of rotatable bonds is 8. The Morgan fingerprint density at radius 3 is 2.62 bits per heavy atom. The van der Waals surface area contributed by atoms with E-state index in [2.05, 4.69) is 26.6 Å². The maximum Gasteiger partial charge on any atom is 0.259 e. The Labute approximate surface area is 161 Å². The SMILES string of the molecule is CCNC(=O)c1cccc(NC(=O)c2cc(Br)ccc2OCCOC)c1. The number of hydrogen-bond acceptors (Lipinski definition) is 4. The van der Waals surface area contributed by atoms with Crippen molar-refractivity contribution in [2.24, 2.45) is 0 Å². The second-order valence-electron chi connectivity index (χ2n) is 5.38. The Bertz CT molecular complexity index is 780. The molecule has 26 heavy (non-hydrogen) atoms. The molecule has 0 radical (unpaired) electrons. The van der Waals surface area contributed by atoms with Gasteiger partial charge in [0.1, 0.15) is 12.4 Å². The zero-order valence-electron chi connectivity index (χ0n) is 14.7. The molecule has 0 bridgehead atoms. The smallest absolute Gasteiger partial charge is 0.259 e. The van der Waals surface area contributed by atoms with Crippen LogP contribution in [-0.2, 0) is 4.74 Å². The largest absolute Gasteiger partial charge is 0.490 e. The summed E-state index contributed by atoms with van der Waals surface area (Å²) in [6, 6.07) is 12.0. The van der Waals surface area contributed by atoms with E-state index in [1.165, 1.54) is 0 Å². The number of ether oxygens (including phenoxy) is 2. The van der Waals surface area contributed by atoms with Crippen molar-refractivity contribution in [3.63, 3.8) is 0 Å². The molecule has 0 fully saturated rings. The number of amides is 2. The van der Waals surface area contributed by atoms with Crippen LogP contribution in [0.1, 0.15) is 27.6 Å². The first-order valence-corrected chi connectivity index (χ1v) is 8.95. The average molecular weight is 421 g/mol. The van der Waals surface area contributed by atoms with Crippen molar-refractivity contribution in [3.05, 3.63) is 58.1 Å². The number of hydrogen-bond donors (Lipinski definition) is 2. The second kappa shape index (κ2) is 9.94. The fourth-order valence-corrected chi connectivity index (χ4v) is 2.60. The predicted molar refractivity (Wildman–Crippen MR) is 104 cm³/mol. The van der Waals surface area contributed by atoms with Gasteiger partial charge in [-0.05, 0) is 43.3 Å². The van der Waals surface area contributed by atoms with Crippen molar-refractivity contribution in [2.75, 3.05) is 32.2 Å². The summed E-state index contributed by atoms with van der Waals surface area (Å²) in [6.45, 7) is 3.15. The van der Waals surface area contributed by atoms with E-state index in [4.69, 9.17) is 9.47 Å². The van der Waals surface area contributed by atoms with Gasteiger partial charge in [0.15, 0.2) is 0 Å². The molecular weight excluding hydrogens is 400 g/mol. The van der Waals surface area contributed by atoms with Crippen LogP contribution in [0.3, 0.4) is 0 Å². The molecule has 0 saturated carbocycles. The summed E-state index contributed by atoms with van der Waals surface area (Å²) in [5.41, 5.74) is 1.40. The molecule has 0 aliphatic heterocycles. The minimum Gasteiger partial charge on any atom is -0.490 e. The number of benzene rings is 2. The Balaban J connectivity index is 2.18. The minimum atomic E-state index is -0.327. The summed E-state index contributed by atoms with van der Waals surface area (Å²) in [5.74, 6) is -0.0518. The maximum atomic E-state index is 12.7. The molecule has 0 unspecified atom stereocenters. The highest BCUT2D eigenvalue weighted by atomic mass is 79.9. The van der Waals surface area contributed by atoms with Gasteiger partial charge < -0.3 is 20.1 Å². The molecule has 2 N–H and O–H groups in total. The molecule has 2 aromatic carbocycles. The first kappa shape index (κ1) is 19.9. The summed E-state index contributed by atoms with van der Waals surface area (Å²) in [4.78, 5) is 24.6. The van der Waals surface area contributed by atoms with Gasteiger partial charge in [-0.25, -0.2) is 0 Å². The lowest BCUT2D eigenvalue weighted by Gasteiger charge is -2.12. The minimum absolute atomic E-state index is 0.186. The molecule has 6 nitrogen and oxygen atoms in total. The molecule has 0 heterocycles. The maximum absolute atomic E-state index is 12.7. The number of methoxy groups -OCH3 is 1. The standard InChI is InChI=1S/C19H21BrN2O4/c1-3-21-18(23)13-5-4-6-15(11-13)22-19(24)16-12-14(20)7-8-17(16)26-10-9-25-2/h4-8,11-12H,3,9-10H2,1-2H3,(H,21,23)(H,22,24). The fourth-order valence-electron chi connectivity index (χ4n) is 2.24. The van der Waals surface area contributed by atoms with Crippen LogP contribution in [0.15, 0.2) is 46.9 Å². The van der Waals surface area contributed by atoms with E-state index < -0.39 is 0 Å². The fraction of sp³-hybridized carbons (Fsp3) is 0.263. The Morgan fingerprint density at radius 1 is 1.08 bits per heavy atom. The molecule has 0 aliphatic carbocycles. The number of carbonyl (C=O) groups is 2. The van der Waals surface area contributed by atoms with E-state index in [0.29, 0.717) is 42.3 Å².